The first-order chi connectivity index (χ1) is 10.6. The molecule has 0 atom stereocenters. The van der Waals surface area contributed by atoms with E-state index in [2.05, 4.69) is 26.6 Å². The van der Waals surface area contributed by atoms with Gasteiger partial charge in [-0.25, -0.2) is 0 Å². The molecule has 5 heteroatoms. The topological polar surface area (TPSA) is 58.2 Å². The van der Waals surface area contributed by atoms with Gasteiger partial charge in [0.15, 0.2) is 0 Å². The predicted molar refractivity (Wildman–Crippen MR) is 90.9 cm³/mol. The molecule has 4 nitrogen and oxygen atoms in total. The van der Waals surface area contributed by atoms with Crippen LogP contribution in [-0.2, 0) is 4.79 Å². The summed E-state index contributed by atoms with van der Waals surface area (Å²) in [4.78, 5) is 23.8. The molecule has 114 valence electrons. The Morgan fingerprint density at radius 1 is 1.09 bits per heavy atom. The number of halogens is 1. The Hall–Kier alpha value is -2.14. The number of carbonyl (C=O) groups is 2. The van der Waals surface area contributed by atoms with Gasteiger partial charge in [0.1, 0.15) is 0 Å². The Kier molecular flexibility index (Phi) is 5.72. The molecule has 0 aromatic heterocycles. The van der Waals surface area contributed by atoms with E-state index in [-0.39, 0.29) is 18.2 Å². The summed E-state index contributed by atoms with van der Waals surface area (Å²) in [5.74, 6) is -0.295. The first-order valence-electron chi connectivity index (χ1n) is 6.95. The Bertz CT molecular complexity index is 686. The molecule has 0 saturated heterocycles. The SMILES string of the molecule is Cc1ccccc1C(=O)NCCC(=O)Nc1cccc(Br)c1. The fourth-order valence-electron chi connectivity index (χ4n) is 2.00. The van der Waals surface area contributed by atoms with E-state index in [9.17, 15) is 9.59 Å². The van der Waals surface area contributed by atoms with Crippen LogP contribution in [0.15, 0.2) is 53.0 Å². The Balaban J connectivity index is 1.80. The van der Waals surface area contributed by atoms with Crippen molar-refractivity contribution in [3.05, 3.63) is 64.1 Å². The van der Waals surface area contributed by atoms with Crippen LogP contribution in [-0.4, -0.2) is 18.4 Å². The first-order valence-corrected chi connectivity index (χ1v) is 7.75. The molecule has 0 aliphatic carbocycles. The van der Waals surface area contributed by atoms with E-state index in [0.29, 0.717) is 12.1 Å². The van der Waals surface area contributed by atoms with Crippen molar-refractivity contribution in [3.63, 3.8) is 0 Å². The molecule has 2 amide bonds. The molecule has 0 aliphatic heterocycles. The lowest BCUT2D eigenvalue weighted by Crippen LogP contribution is -2.28. The summed E-state index contributed by atoms with van der Waals surface area (Å²) in [6, 6.07) is 14.7. The van der Waals surface area contributed by atoms with Crippen LogP contribution >= 0.6 is 15.9 Å². The molecule has 22 heavy (non-hydrogen) atoms. The lowest BCUT2D eigenvalue weighted by Gasteiger charge is -2.08. The number of carbonyl (C=O) groups excluding carboxylic acids is 2. The second-order valence-electron chi connectivity index (χ2n) is 4.88. The van der Waals surface area contributed by atoms with E-state index in [1.54, 1.807) is 6.07 Å². The standard InChI is InChI=1S/C17H17BrN2O2/c1-12-5-2-3-8-15(12)17(22)19-10-9-16(21)20-14-7-4-6-13(18)11-14/h2-8,11H,9-10H2,1H3,(H,19,22)(H,20,21). The molecule has 0 bridgehead atoms. The molecular weight excluding hydrogens is 344 g/mol. The minimum Gasteiger partial charge on any atom is -0.352 e. The Morgan fingerprint density at radius 2 is 1.86 bits per heavy atom. The van der Waals surface area contributed by atoms with Gasteiger partial charge in [-0.3, -0.25) is 9.59 Å². The summed E-state index contributed by atoms with van der Waals surface area (Å²) < 4.78 is 0.901. The molecule has 2 aromatic carbocycles. The highest BCUT2D eigenvalue weighted by molar-refractivity contribution is 9.10. The fourth-order valence-corrected chi connectivity index (χ4v) is 2.40. The van der Waals surface area contributed by atoms with Crippen LogP contribution in [0.5, 0.6) is 0 Å². The number of anilines is 1. The third-order valence-electron chi connectivity index (χ3n) is 3.14. The van der Waals surface area contributed by atoms with E-state index in [1.807, 2.05) is 49.4 Å². The fraction of sp³-hybridized carbons (Fsp3) is 0.176. The molecule has 2 aromatic rings. The zero-order valence-corrected chi connectivity index (χ0v) is 13.8. The van der Waals surface area contributed by atoms with Crippen molar-refractivity contribution in [1.29, 1.82) is 0 Å². The van der Waals surface area contributed by atoms with Crippen LogP contribution in [0.2, 0.25) is 0 Å². The van der Waals surface area contributed by atoms with Crippen molar-refractivity contribution in [3.8, 4) is 0 Å². The lowest BCUT2D eigenvalue weighted by molar-refractivity contribution is -0.116. The van der Waals surface area contributed by atoms with Crippen molar-refractivity contribution in [1.82, 2.24) is 5.32 Å². The minimum atomic E-state index is -0.159. The number of hydrogen-bond donors (Lipinski definition) is 2. The van der Waals surface area contributed by atoms with E-state index >= 15 is 0 Å². The van der Waals surface area contributed by atoms with Gasteiger partial charge >= 0.3 is 0 Å². The van der Waals surface area contributed by atoms with Crippen molar-refractivity contribution < 1.29 is 9.59 Å². The van der Waals surface area contributed by atoms with E-state index in [4.69, 9.17) is 0 Å². The molecule has 2 N–H and O–H groups in total. The van der Waals surface area contributed by atoms with Crippen molar-refractivity contribution in [2.24, 2.45) is 0 Å². The van der Waals surface area contributed by atoms with Gasteiger partial charge < -0.3 is 10.6 Å². The van der Waals surface area contributed by atoms with Gasteiger partial charge in [-0.1, -0.05) is 40.2 Å². The van der Waals surface area contributed by atoms with E-state index < -0.39 is 0 Å². The monoisotopic (exact) mass is 360 g/mol. The average Bonchev–Trinajstić information content (AvgIpc) is 2.47. The number of hydrogen-bond acceptors (Lipinski definition) is 2. The molecule has 0 fully saturated rings. The molecule has 0 heterocycles. The summed E-state index contributed by atoms with van der Waals surface area (Å²) in [5, 5.41) is 5.55. The highest BCUT2D eigenvalue weighted by atomic mass is 79.9. The molecule has 0 unspecified atom stereocenters. The zero-order valence-electron chi connectivity index (χ0n) is 12.2. The van der Waals surface area contributed by atoms with Gasteiger partial charge in [0.05, 0.1) is 0 Å². The average molecular weight is 361 g/mol. The lowest BCUT2D eigenvalue weighted by atomic mass is 10.1. The quantitative estimate of drug-likeness (QED) is 0.856. The maximum absolute atomic E-state index is 12.0. The van der Waals surface area contributed by atoms with Crippen LogP contribution in [0, 0.1) is 6.92 Å². The predicted octanol–water partition coefficient (Wildman–Crippen LogP) is 3.52. The third-order valence-corrected chi connectivity index (χ3v) is 3.63. The Morgan fingerprint density at radius 3 is 2.59 bits per heavy atom. The highest BCUT2D eigenvalue weighted by Gasteiger charge is 2.08. The van der Waals surface area contributed by atoms with Gasteiger partial charge in [0, 0.05) is 28.7 Å². The minimum absolute atomic E-state index is 0.136. The second kappa shape index (κ2) is 7.75. The summed E-state index contributed by atoms with van der Waals surface area (Å²) in [6.07, 6.45) is 0.226. The maximum Gasteiger partial charge on any atom is 0.251 e. The van der Waals surface area contributed by atoms with Gasteiger partial charge in [0.2, 0.25) is 5.91 Å². The highest BCUT2D eigenvalue weighted by Crippen LogP contribution is 2.15. The van der Waals surface area contributed by atoms with Crippen molar-refractivity contribution in [2.45, 2.75) is 13.3 Å². The molecule has 0 saturated carbocycles. The number of amides is 2. The Labute approximate surface area is 138 Å². The van der Waals surface area contributed by atoms with Crippen LogP contribution in [0.4, 0.5) is 5.69 Å². The second-order valence-corrected chi connectivity index (χ2v) is 5.80. The summed E-state index contributed by atoms with van der Waals surface area (Å²) >= 11 is 3.35. The molecule has 0 spiro atoms. The summed E-state index contributed by atoms with van der Waals surface area (Å²) in [6.45, 7) is 2.18. The first kappa shape index (κ1) is 16.2. The number of nitrogens with one attached hydrogen (secondary N) is 2. The molecule has 2 rings (SSSR count). The van der Waals surface area contributed by atoms with Gasteiger partial charge in [-0.2, -0.15) is 0 Å². The normalized spacial score (nSPS) is 10.1. The van der Waals surface area contributed by atoms with Crippen LogP contribution < -0.4 is 10.6 Å². The van der Waals surface area contributed by atoms with Gasteiger partial charge in [-0.15, -0.1) is 0 Å². The van der Waals surface area contributed by atoms with Crippen LogP contribution in [0.3, 0.4) is 0 Å². The molecule has 0 aliphatic rings. The van der Waals surface area contributed by atoms with Crippen molar-refractivity contribution in [2.75, 3.05) is 11.9 Å². The zero-order chi connectivity index (χ0) is 15.9. The molecular formula is C17H17BrN2O2. The maximum atomic E-state index is 12.0. The van der Waals surface area contributed by atoms with E-state index in [0.717, 1.165) is 15.7 Å². The summed E-state index contributed by atoms with van der Waals surface area (Å²) in [5.41, 5.74) is 2.28. The molecule has 0 radical (unpaired) electrons. The van der Waals surface area contributed by atoms with Crippen LogP contribution in [0.25, 0.3) is 0 Å². The van der Waals surface area contributed by atoms with Gasteiger partial charge in [0.25, 0.3) is 5.91 Å². The van der Waals surface area contributed by atoms with Gasteiger partial charge in [-0.05, 0) is 36.8 Å². The third kappa shape index (κ3) is 4.70. The number of rotatable bonds is 5. The van der Waals surface area contributed by atoms with Crippen LogP contribution in [0.1, 0.15) is 22.3 Å². The smallest absolute Gasteiger partial charge is 0.251 e. The summed E-state index contributed by atoms with van der Waals surface area (Å²) in [7, 11) is 0. The number of benzene rings is 2. The largest absolute Gasteiger partial charge is 0.352 e. The number of aryl methyl sites for hydroxylation is 1. The van der Waals surface area contributed by atoms with Crippen molar-refractivity contribution >= 4 is 33.4 Å². The van der Waals surface area contributed by atoms with E-state index in [1.165, 1.54) is 0 Å².